The van der Waals surface area contributed by atoms with Crippen molar-refractivity contribution in [3.63, 3.8) is 0 Å². The molecule has 1 saturated heterocycles. The number of carbonyl (C=O) groups is 1. The van der Waals surface area contributed by atoms with E-state index in [1.165, 1.54) is 6.07 Å². The molecule has 0 saturated carbocycles. The lowest BCUT2D eigenvalue weighted by Gasteiger charge is -2.32. The number of carboxylic acids is 1. The minimum atomic E-state index is -1.15. The lowest BCUT2D eigenvalue weighted by Crippen LogP contribution is -2.41. The molecule has 0 spiro atoms. The van der Waals surface area contributed by atoms with Crippen LogP contribution in [0.25, 0.3) is 0 Å². The topological polar surface area (TPSA) is 76.0 Å². The number of rotatable bonds is 2. The number of aromatic carboxylic acids is 1. The average Bonchev–Trinajstić information content (AvgIpc) is 2.46. The summed E-state index contributed by atoms with van der Waals surface area (Å²) in [7, 11) is -0.618. The van der Waals surface area contributed by atoms with Crippen molar-refractivity contribution >= 4 is 18.6 Å². The van der Waals surface area contributed by atoms with E-state index in [9.17, 15) is 9.90 Å². The van der Waals surface area contributed by atoms with Gasteiger partial charge in [0.05, 0.1) is 11.2 Å². The molecule has 2 rings (SSSR count). The Labute approximate surface area is 118 Å². The molecule has 0 bridgehead atoms. The van der Waals surface area contributed by atoms with Gasteiger partial charge in [0.15, 0.2) is 0 Å². The lowest BCUT2D eigenvalue weighted by molar-refractivity contribution is 0.00578. The zero-order chi connectivity index (χ0) is 15.3. The highest BCUT2D eigenvalue weighted by atomic mass is 16.7. The van der Waals surface area contributed by atoms with Gasteiger partial charge in [0.25, 0.3) is 0 Å². The fourth-order valence-electron chi connectivity index (χ4n) is 2.19. The number of aryl methyl sites for hydroxylation is 1. The highest BCUT2D eigenvalue weighted by molar-refractivity contribution is 6.62. The maximum absolute atomic E-state index is 11.1. The predicted octanol–water partition coefficient (Wildman–Crippen LogP) is 1.70. The molecule has 20 heavy (non-hydrogen) atoms. The second-order valence-corrected chi connectivity index (χ2v) is 6.13. The molecule has 1 aliphatic heterocycles. The van der Waals surface area contributed by atoms with E-state index in [4.69, 9.17) is 14.4 Å². The van der Waals surface area contributed by atoms with Crippen molar-refractivity contribution in [3.05, 3.63) is 23.3 Å². The van der Waals surface area contributed by atoms with E-state index in [1.54, 1.807) is 13.0 Å². The van der Waals surface area contributed by atoms with Crippen molar-refractivity contribution < 1.29 is 24.3 Å². The quantitative estimate of drug-likeness (QED) is 0.805. The van der Waals surface area contributed by atoms with E-state index >= 15 is 0 Å². The summed E-state index contributed by atoms with van der Waals surface area (Å²) < 4.78 is 11.8. The van der Waals surface area contributed by atoms with Gasteiger partial charge in [0, 0.05) is 0 Å². The number of benzene rings is 1. The number of hydrogen-bond donors (Lipinski definition) is 2. The summed E-state index contributed by atoms with van der Waals surface area (Å²) in [5.74, 6) is -1.43. The van der Waals surface area contributed by atoms with Crippen LogP contribution in [-0.2, 0) is 9.31 Å². The van der Waals surface area contributed by atoms with Crippen molar-refractivity contribution in [1.29, 1.82) is 0 Å². The van der Waals surface area contributed by atoms with Crippen molar-refractivity contribution in [1.82, 2.24) is 0 Å². The van der Waals surface area contributed by atoms with Crippen LogP contribution in [0.5, 0.6) is 5.75 Å². The Morgan fingerprint density at radius 2 is 1.65 bits per heavy atom. The Hall–Kier alpha value is -1.53. The van der Waals surface area contributed by atoms with Crippen molar-refractivity contribution in [2.24, 2.45) is 0 Å². The standard InChI is InChI=1S/C14H19BO5/c1-8-6-9(7-10(16)11(8)12(17)18)15-19-13(2,3)14(4,5)20-15/h6-7,16H,1-5H3,(H,17,18). The van der Waals surface area contributed by atoms with E-state index in [0.29, 0.717) is 11.0 Å². The van der Waals surface area contributed by atoms with Crippen LogP contribution >= 0.6 is 0 Å². The Morgan fingerprint density at radius 3 is 2.05 bits per heavy atom. The van der Waals surface area contributed by atoms with Crippen molar-refractivity contribution in [2.75, 3.05) is 0 Å². The fourth-order valence-corrected chi connectivity index (χ4v) is 2.19. The van der Waals surface area contributed by atoms with Gasteiger partial charge in [-0.15, -0.1) is 0 Å². The van der Waals surface area contributed by atoms with Gasteiger partial charge in [0.1, 0.15) is 11.3 Å². The van der Waals surface area contributed by atoms with Gasteiger partial charge in [0.2, 0.25) is 0 Å². The third-order valence-corrected chi connectivity index (χ3v) is 4.08. The Balaban J connectivity index is 2.40. The zero-order valence-electron chi connectivity index (χ0n) is 12.4. The molecule has 1 aromatic rings. The maximum Gasteiger partial charge on any atom is 0.494 e. The summed E-state index contributed by atoms with van der Waals surface area (Å²) in [6, 6.07) is 3.06. The first-order valence-corrected chi connectivity index (χ1v) is 6.47. The monoisotopic (exact) mass is 278 g/mol. The molecule has 0 aromatic heterocycles. The smallest absolute Gasteiger partial charge is 0.494 e. The summed E-state index contributed by atoms with van der Waals surface area (Å²) in [5.41, 5.74) is 0.0374. The Kier molecular flexibility index (Phi) is 3.35. The third-order valence-electron chi connectivity index (χ3n) is 4.08. The molecule has 5 nitrogen and oxygen atoms in total. The molecular formula is C14H19BO5. The first kappa shape index (κ1) is 14.9. The zero-order valence-corrected chi connectivity index (χ0v) is 12.4. The summed E-state index contributed by atoms with van der Waals surface area (Å²) in [4.78, 5) is 11.1. The third kappa shape index (κ3) is 2.29. The summed E-state index contributed by atoms with van der Waals surface area (Å²) in [5, 5.41) is 18.9. The summed E-state index contributed by atoms with van der Waals surface area (Å²) in [6.45, 7) is 9.38. The second-order valence-electron chi connectivity index (χ2n) is 6.13. The lowest BCUT2D eigenvalue weighted by atomic mass is 9.77. The summed E-state index contributed by atoms with van der Waals surface area (Å²) >= 11 is 0. The minimum Gasteiger partial charge on any atom is -0.507 e. The van der Waals surface area contributed by atoms with Crippen LogP contribution in [0.1, 0.15) is 43.6 Å². The van der Waals surface area contributed by atoms with E-state index < -0.39 is 24.3 Å². The SMILES string of the molecule is Cc1cc(B2OC(C)(C)C(C)(C)O2)cc(O)c1C(=O)O. The van der Waals surface area contributed by atoms with E-state index in [-0.39, 0.29) is 11.3 Å². The van der Waals surface area contributed by atoms with Gasteiger partial charge >= 0.3 is 13.1 Å². The minimum absolute atomic E-state index is 0.0923. The van der Waals surface area contributed by atoms with Gasteiger partial charge in [-0.3, -0.25) is 0 Å². The fraction of sp³-hybridized carbons (Fsp3) is 0.500. The largest absolute Gasteiger partial charge is 0.507 e. The molecule has 108 valence electrons. The van der Waals surface area contributed by atoms with Crippen LogP contribution in [-0.4, -0.2) is 34.5 Å². The molecule has 2 N–H and O–H groups in total. The van der Waals surface area contributed by atoms with Gasteiger partial charge in [-0.2, -0.15) is 0 Å². The molecule has 6 heteroatoms. The number of phenols is 1. The number of carboxylic acid groups (broad SMARTS) is 1. The normalized spacial score (nSPS) is 20.1. The first-order chi connectivity index (χ1) is 9.05. The van der Waals surface area contributed by atoms with Crippen LogP contribution in [0.3, 0.4) is 0 Å². The van der Waals surface area contributed by atoms with E-state index in [0.717, 1.165) is 0 Å². The molecular weight excluding hydrogens is 259 g/mol. The molecule has 0 aliphatic carbocycles. The first-order valence-electron chi connectivity index (χ1n) is 6.47. The van der Waals surface area contributed by atoms with Crippen LogP contribution in [0, 0.1) is 6.92 Å². The molecule has 1 aromatic carbocycles. The number of hydrogen-bond acceptors (Lipinski definition) is 4. The average molecular weight is 278 g/mol. The van der Waals surface area contributed by atoms with E-state index in [1.807, 2.05) is 27.7 Å². The predicted molar refractivity (Wildman–Crippen MR) is 75.5 cm³/mol. The van der Waals surface area contributed by atoms with Crippen molar-refractivity contribution in [2.45, 2.75) is 45.8 Å². The Bertz CT molecular complexity index is 526. The molecule has 0 atom stereocenters. The maximum atomic E-state index is 11.1. The second kappa shape index (κ2) is 4.50. The molecule has 0 unspecified atom stereocenters. The number of aromatic hydroxyl groups is 1. The molecule has 1 heterocycles. The van der Waals surface area contributed by atoms with Gasteiger partial charge in [-0.25, -0.2) is 4.79 Å². The molecule has 0 radical (unpaired) electrons. The molecule has 1 fully saturated rings. The van der Waals surface area contributed by atoms with E-state index in [2.05, 4.69) is 0 Å². The molecule has 0 amide bonds. The summed E-state index contributed by atoms with van der Waals surface area (Å²) in [6.07, 6.45) is 0. The van der Waals surface area contributed by atoms with Gasteiger partial charge in [-0.05, 0) is 51.7 Å². The van der Waals surface area contributed by atoms with Gasteiger partial charge < -0.3 is 19.5 Å². The highest BCUT2D eigenvalue weighted by Gasteiger charge is 2.51. The van der Waals surface area contributed by atoms with Crippen LogP contribution in [0.15, 0.2) is 12.1 Å². The van der Waals surface area contributed by atoms with Crippen LogP contribution in [0.4, 0.5) is 0 Å². The van der Waals surface area contributed by atoms with Crippen molar-refractivity contribution in [3.8, 4) is 5.75 Å². The van der Waals surface area contributed by atoms with Gasteiger partial charge in [-0.1, -0.05) is 6.07 Å². The van der Waals surface area contributed by atoms with Crippen LogP contribution < -0.4 is 5.46 Å². The highest BCUT2D eigenvalue weighted by Crippen LogP contribution is 2.36. The van der Waals surface area contributed by atoms with Crippen LogP contribution in [0.2, 0.25) is 0 Å². The Morgan fingerprint density at radius 1 is 1.15 bits per heavy atom. The molecule has 1 aliphatic rings.